The van der Waals surface area contributed by atoms with Gasteiger partial charge in [0.1, 0.15) is 5.75 Å². The van der Waals surface area contributed by atoms with Crippen molar-refractivity contribution in [3.8, 4) is 17.2 Å². The third-order valence-electron chi connectivity index (χ3n) is 5.54. The van der Waals surface area contributed by atoms with E-state index in [0.717, 1.165) is 37.8 Å². The highest BCUT2D eigenvalue weighted by molar-refractivity contribution is 5.96. The van der Waals surface area contributed by atoms with Gasteiger partial charge in [-0.05, 0) is 69.7 Å². The maximum Gasteiger partial charge on any atom is 0.573 e. The number of carboxylic acid groups (broad SMARTS) is 1. The first-order chi connectivity index (χ1) is 15.4. The molecule has 0 aliphatic heterocycles. The fraction of sp³-hybridized carbons (Fsp3) is 0.500. The molecule has 0 radical (unpaired) electrons. The molecule has 0 spiro atoms. The number of nitrogens with zero attached hydrogens (tertiary/aromatic N) is 3. The van der Waals surface area contributed by atoms with Crippen LogP contribution in [0.3, 0.4) is 0 Å². The third kappa shape index (κ3) is 6.17. The fourth-order valence-electron chi connectivity index (χ4n) is 3.92. The normalized spacial score (nSPS) is 18.8. The van der Waals surface area contributed by atoms with Crippen molar-refractivity contribution in [2.24, 2.45) is 11.8 Å². The SMILES string of the molecule is CC1CCC(C(=O)N(c2nn(-c3ccc(OC(F)(F)F)cc3)cc2OC(=O)O)C(C)C)CC1. The van der Waals surface area contributed by atoms with E-state index in [1.165, 1.54) is 27.9 Å². The lowest BCUT2D eigenvalue weighted by atomic mass is 9.82. The van der Waals surface area contributed by atoms with Gasteiger partial charge in [-0.3, -0.25) is 9.69 Å². The molecule has 1 aliphatic rings. The van der Waals surface area contributed by atoms with Gasteiger partial charge in [0.05, 0.1) is 11.9 Å². The predicted octanol–water partition coefficient (Wildman–Crippen LogP) is 5.40. The molecule has 1 aliphatic carbocycles. The fourth-order valence-corrected chi connectivity index (χ4v) is 3.92. The minimum absolute atomic E-state index is 0.0339. The molecule has 33 heavy (non-hydrogen) atoms. The van der Waals surface area contributed by atoms with Gasteiger partial charge in [0.15, 0.2) is 5.75 Å². The number of hydrogen-bond acceptors (Lipinski definition) is 5. The number of anilines is 1. The van der Waals surface area contributed by atoms with Crippen molar-refractivity contribution >= 4 is 17.9 Å². The number of alkyl halides is 3. The van der Waals surface area contributed by atoms with Crippen LogP contribution in [0.25, 0.3) is 5.69 Å². The molecule has 3 rings (SSSR count). The van der Waals surface area contributed by atoms with E-state index in [-0.39, 0.29) is 29.4 Å². The zero-order valence-corrected chi connectivity index (χ0v) is 18.5. The molecule has 11 heteroatoms. The van der Waals surface area contributed by atoms with Gasteiger partial charge >= 0.3 is 12.5 Å². The minimum atomic E-state index is -4.82. The number of ether oxygens (including phenoxy) is 2. The average Bonchev–Trinajstić information content (AvgIpc) is 3.10. The third-order valence-corrected chi connectivity index (χ3v) is 5.54. The lowest BCUT2D eigenvalue weighted by molar-refractivity contribution is -0.274. The molecule has 0 atom stereocenters. The van der Waals surface area contributed by atoms with Crippen LogP contribution in [0.2, 0.25) is 0 Å². The molecule has 1 aromatic carbocycles. The van der Waals surface area contributed by atoms with Gasteiger partial charge in [0.25, 0.3) is 0 Å². The Morgan fingerprint density at radius 3 is 2.27 bits per heavy atom. The van der Waals surface area contributed by atoms with Gasteiger partial charge in [-0.2, -0.15) is 0 Å². The van der Waals surface area contributed by atoms with Crippen LogP contribution in [-0.2, 0) is 4.79 Å². The van der Waals surface area contributed by atoms with Gasteiger partial charge in [-0.25, -0.2) is 9.48 Å². The molecule has 1 aromatic heterocycles. The van der Waals surface area contributed by atoms with Gasteiger partial charge in [0.2, 0.25) is 11.7 Å². The summed E-state index contributed by atoms with van der Waals surface area (Å²) in [6, 6.07) is 4.53. The average molecular weight is 469 g/mol. The van der Waals surface area contributed by atoms with Crippen LogP contribution in [0.1, 0.15) is 46.5 Å². The molecule has 0 unspecified atom stereocenters. The van der Waals surface area contributed by atoms with E-state index < -0.39 is 18.3 Å². The summed E-state index contributed by atoms with van der Waals surface area (Å²) in [5.74, 6) is -0.338. The number of benzene rings is 1. The van der Waals surface area contributed by atoms with Crippen molar-refractivity contribution in [3.63, 3.8) is 0 Å². The van der Waals surface area contributed by atoms with E-state index in [0.29, 0.717) is 11.6 Å². The lowest BCUT2D eigenvalue weighted by Gasteiger charge is -2.32. The standard InChI is InChI=1S/C22H26F3N3O5/c1-13(2)28(20(29)15-6-4-14(3)5-7-15)19-18(32-21(30)31)12-27(26-19)16-8-10-17(11-9-16)33-22(23,24)25/h8-15H,4-7H2,1-3H3,(H,30,31). The Morgan fingerprint density at radius 2 is 1.76 bits per heavy atom. The first-order valence-corrected chi connectivity index (χ1v) is 10.6. The molecular weight excluding hydrogens is 443 g/mol. The Morgan fingerprint density at radius 1 is 1.15 bits per heavy atom. The Hall–Kier alpha value is -3.24. The van der Waals surface area contributed by atoms with Crippen LogP contribution in [0, 0.1) is 11.8 Å². The highest BCUT2D eigenvalue weighted by atomic mass is 19.4. The molecule has 1 fully saturated rings. The van der Waals surface area contributed by atoms with Crippen molar-refractivity contribution in [1.29, 1.82) is 0 Å². The number of hydrogen-bond donors (Lipinski definition) is 1. The van der Waals surface area contributed by atoms with Crippen molar-refractivity contribution in [2.75, 3.05) is 4.90 Å². The Balaban J connectivity index is 1.94. The van der Waals surface area contributed by atoms with E-state index in [9.17, 15) is 22.8 Å². The number of halogens is 3. The van der Waals surface area contributed by atoms with Gasteiger partial charge in [-0.15, -0.1) is 18.3 Å². The van der Waals surface area contributed by atoms with Crippen LogP contribution < -0.4 is 14.4 Å². The van der Waals surface area contributed by atoms with E-state index >= 15 is 0 Å². The highest BCUT2D eigenvalue weighted by Crippen LogP contribution is 2.35. The first-order valence-electron chi connectivity index (χ1n) is 10.6. The van der Waals surface area contributed by atoms with Crippen LogP contribution in [0.15, 0.2) is 30.5 Å². The van der Waals surface area contributed by atoms with E-state index in [2.05, 4.69) is 16.8 Å². The molecule has 180 valence electrons. The molecular formula is C22H26F3N3O5. The second-order valence-corrected chi connectivity index (χ2v) is 8.43. The molecule has 1 N–H and O–H groups in total. The van der Waals surface area contributed by atoms with Crippen LogP contribution in [-0.4, -0.2) is 39.4 Å². The Bertz CT molecular complexity index is 980. The van der Waals surface area contributed by atoms with Gasteiger partial charge < -0.3 is 14.6 Å². The second kappa shape index (κ2) is 9.72. The van der Waals surface area contributed by atoms with E-state index in [1.54, 1.807) is 13.8 Å². The molecule has 1 amide bonds. The number of rotatable bonds is 6. The summed E-state index contributed by atoms with van der Waals surface area (Å²) >= 11 is 0. The number of aromatic nitrogens is 2. The summed E-state index contributed by atoms with van der Waals surface area (Å²) in [5.41, 5.74) is 0.327. The predicted molar refractivity (Wildman–Crippen MR) is 113 cm³/mol. The minimum Gasteiger partial charge on any atom is -0.449 e. The molecule has 0 saturated heterocycles. The maximum absolute atomic E-state index is 13.4. The molecule has 1 heterocycles. The monoisotopic (exact) mass is 469 g/mol. The number of carbonyl (C=O) groups is 2. The zero-order valence-electron chi connectivity index (χ0n) is 18.5. The Labute approximate surface area is 188 Å². The van der Waals surface area contributed by atoms with Crippen molar-refractivity contribution in [3.05, 3.63) is 30.5 Å². The first kappa shape index (κ1) is 24.4. The summed E-state index contributed by atoms with van der Waals surface area (Å²) in [5, 5.41) is 13.5. The lowest BCUT2D eigenvalue weighted by Crippen LogP contribution is -2.42. The second-order valence-electron chi connectivity index (χ2n) is 8.43. The van der Waals surface area contributed by atoms with Gasteiger partial charge in [-0.1, -0.05) is 6.92 Å². The quantitative estimate of drug-likeness (QED) is 0.570. The zero-order chi connectivity index (χ0) is 24.3. The van der Waals surface area contributed by atoms with E-state index in [4.69, 9.17) is 9.84 Å². The van der Waals surface area contributed by atoms with E-state index in [1.807, 2.05) is 0 Å². The molecule has 8 nitrogen and oxygen atoms in total. The van der Waals surface area contributed by atoms with Crippen LogP contribution in [0.5, 0.6) is 11.5 Å². The van der Waals surface area contributed by atoms with Crippen molar-refractivity contribution in [2.45, 2.75) is 58.9 Å². The Kier molecular flexibility index (Phi) is 7.19. The maximum atomic E-state index is 13.4. The summed E-state index contributed by atoms with van der Waals surface area (Å²) in [6.07, 6.45) is -1.79. The smallest absolute Gasteiger partial charge is 0.449 e. The topological polar surface area (TPSA) is 93.9 Å². The highest BCUT2D eigenvalue weighted by Gasteiger charge is 2.34. The summed E-state index contributed by atoms with van der Waals surface area (Å²) in [6.45, 7) is 5.72. The number of amides is 1. The molecule has 2 aromatic rings. The number of carbonyl (C=O) groups excluding carboxylic acids is 1. The summed E-state index contributed by atoms with van der Waals surface area (Å²) in [4.78, 5) is 26.0. The van der Waals surface area contributed by atoms with Gasteiger partial charge in [0, 0.05) is 12.0 Å². The van der Waals surface area contributed by atoms with Crippen molar-refractivity contribution < 1.29 is 37.3 Å². The van der Waals surface area contributed by atoms with Crippen molar-refractivity contribution in [1.82, 2.24) is 9.78 Å². The summed E-state index contributed by atoms with van der Waals surface area (Å²) < 4.78 is 47.2. The van der Waals surface area contributed by atoms with Crippen LogP contribution in [0.4, 0.5) is 23.8 Å². The van der Waals surface area contributed by atoms with Crippen LogP contribution >= 0.6 is 0 Å². The molecule has 0 bridgehead atoms. The largest absolute Gasteiger partial charge is 0.573 e. The molecule has 1 saturated carbocycles. The summed E-state index contributed by atoms with van der Waals surface area (Å²) in [7, 11) is 0.